The molecule has 1 aromatic rings. The summed E-state index contributed by atoms with van der Waals surface area (Å²) in [6.07, 6.45) is 0. The average molecular weight is 236 g/mol. The van der Waals surface area contributed by atoms with Gasteiger partial charge in [0.2, 0.25) is 0 Å². The van der Waals surface area contributed by atoms with Gasteiger partial charge in [-0.2, -0.15) is 0 Å². The van der Waals surface area contributed by atoms with Crippen molar-refractivity contribution in [2.75, 3.05) is 31.9 Å². The van der Waals surface area contributed by atoms with Crippen LogP contribution in [0.3, 0.4) is 0 Å². The molecule has 1 N–H and O–H groups in total. The largest absolute Gasteiger partial charge is 0.314 e. The number of benzene rings is 1. The van der Waals surface area contributed by atoms with E-state index < -0.39 is 0 Å². The molecule has 0 saturated carbocycles. The molecule has 1 unspecified atom stereocenters. The highest BCUT2D eigenvalue weighted by molar-refractivity contribution is 7.99. The van der Waals surface area contributed by atoms with Crippen molar-refractivity contribution in [3.63, 3.8) is 0 Å². The second-order valence-electron chi connectivity index (χ2n) is 4.25. The van der Waals surface area contributed by atoms with E-state index in [0.29, 0.717) is 6.04 Å². The lowest BCUT2D eigenvalue weighted by atomic mass is 10.2. The van der Waals surface area contributed by atoms with Crippen LogP contribution < -0.4 is 5.32 Å². The van der Waals surface area contributed by atoms with Gasteiger partial charge < -0.3 is 5.32 Å². The molecule has 88 valence electrons. The lowest BCUT2D eigenvalue weighted by molar-refractivity contribution is 0.185. The third kappa shape index (κ3) is 3.51. The number of hydrogen-bond donors (Lipinski definition) is 1. The van der Waals surface area contributed by atoms with Crippen molar-refractivity contribution in [3.8, 4) is 0 Å². The van der Waals surface area contributed by atoms with Crippen LogP contribution in [0.2, 0.25) is 0 Å². The van der Waals surface area contributed by atoms with Gasteiger partial charge in [0.05, 0.1) is 0 Å². The summed E-state index contributed by atoms with van der Waals surface area (Å²) >= 11 is 1.95. The van der Waals surface area contributed by atoms with Crippen LogP contribution in [-0.4, -0.2) is 42.9 Å². The Kier molecular flexibility index (Phi) is 4.69. The Morgan fingerprint density at radius 1 is 1.38 bits per heavy atom. The van der Waals surface area contributed by atoms with Crippen LogP contribution in [0.5, 0.6) is 0 Å². The molecular formula is C13H20N2S. The zero-order chi connectivity index (χ0) is 11.2. The van der Waals surface area contributed by atoms with Crippen molar-refractivity contribution in [2.24, 2.45) is 0 Å². The Bertz CT molecular complexity index is 302. The highest BCUT2D eigenvalue weighted by atomic mass is 32.2. The Labute approximate surface area is 102 Å². The number of hydrogen-bond acceptors (Lipinski definition) is 3. The molecule has 2 nitrogen and oxygen atoms in total. The van der Waals surface area contributed by atoms with Gasteiger partial charge in [-0.1, -0.05) is 18.2 Å². The van der Waals surface area contributed by atoms with Crippen molar-refractivity contribution >= 4 is 11.8 Å². The molecule has 0 aromatic heterocycles. The van der Waals surface area contributed by atoms with Crippen LogP contribution in [0.1, 0.15) is 6.92 Å². The van der Waals surface area contributed by atoms with E-state index in [2.05, 4.69) is 47.5 Å². The zero-order valence-corrected chi connectivity index (χ0v) is 10.7. The minimum atomic E-state index is 0.685. The van der Waals surface area contributed by atoms with Crippen LogP contribution in [0.4, 0.5) is 0 Å². The lowest BCUT2D eigenvalue weighted by Gasteiger charge is -2.33. The third-order valence-corrected chi connectivity index (χ3v) is 4.02. The van der Waals surface area contributed by atoms with Gasteiger partial charge in [0.25, 0.3) is 0 Å². The molecule has 1 atom stereocenters. The van der Waals surface area contributed by atoms with Crippen LogP contribution in [0, 0.1) is 0 Å². The average Bonchev–Trinajstić information content (AvgIpc) is 2.33. The first-order valence-electron chi connectivity index (χ1n) is 5.99. The first kappa shape index (κ1) is 12.0. The van der Waals surface area contributed by atoms with Crippen molar-refractivity contribution in [3.05, 3.63) is 30.3 Å². The second kappa shape index (κ2) is 6.28. The molecule has 3 heteroatoms. The Morgan fingerprint density at radius 3 is 2.94 bits per heavy atom. The van der Waals surface area contributed by atoms with Crippen LogP contribution in [-0.2, 0) is 0 Å². The number of nitrogens with one attached hydrogen (secondary N) is 1. The van der Waals surface area contributed by atoms with E-state index in [1.54, 1.807) is 0 Å². The molecule has 0 aliphatic carbocycles. The second-order valence-corrected chi connectivity index (χ2v) is 5.42. The Hall–Kier alpha value is -0.510. The van der Waals surface area contributed by atoms with E-state index in [9.17, 15) is 0 Å². The van der Waals surface area contributed by atoms with Gasteiger partial charge in [-0.25, -0.2) is 0 Å². The van der Waals surface area contributed by atoms with Gasteiger partial charge in [-0.3, -0.25) is 4.90 Å². The molecule has 16 heavy (non-hydrogen) atoms. The van der Waals surface area contributed by atoms with E-state index in [4.69, 9.17) is 0 Å². The zero-order valence-electron chi connectivity index (χ0n) is 9.86. The first-order valence-corrected chi connectivity index (χ1v) is 6.97. The monoisotopic (exact) mass is 236 g/mol. The standard InChI is InChI=1S/C13H20N2S/c1-12-11-14-7-8-15(12)9-10-16-13-5-3-2-4-6-13/h2-6,12,14H,7-11H2,1H3. The number of thioether (sulfide) groups is 1. The highest BCUT2D eigenvalue weighted by Crippen LogP contribution is 2.17. The molecule has 0 spiro atoms. The number of piperazine rings is 1. The number of rotatable bonds is 4. The number of nitrogens with zero attached hydrogens (tertiary/aromatic N) is 1. The summed E-state index contributed by atoms with van der Waals surface area (Å²) in [6, 6.07) is 11.3. The summed E-state index contributed by atoms with van der Waals surface area (Å²) in [6.45, 7) is 6.97. The summed E-state index contributed by atoms with van der Waals surface area (Å²) < 4.78 is 0. The van der Waals surface area contributed by atoms with E-state index in [-0.39, 0.29) is 0 Å². The molecule has 1 fully saturated rings. The molecule has 1 heterocycles. The first-order chi connectivity index (χ1) is 7.86. The van der Waals surface area contributed by atoms with Crippen molar-refractivity contribution in [2.45, 2.75) is 17.9 Å². The molecular weight excluding hydrogens is 216 g/mol. The normalized spacial score (nSPS) is 22.2. The highest BCUT2D eigenvalue weighted by Gasteiger charge is 2.16. The molecule has 0 bridgehead atoms. The van der Waals surface area contributed by atoms with Crippen molar-refractivity contribution in [1.82, 2.24) is 10.2 Å². The fourth-order valence-electron chi connectivity index (χ4n) is 2.01. The maximum Gasteiger partial charge on any atom is 0.0193 e. The Morgan fingerprint density at radius 2 is 2.19 bits per heavy atom. The smallest absolute Gasteiger partial charge is 0.0193 e. The summed E-state index contributed by atoms with van der Waals surface area (Å²) in [7, 11) is 0. The van der Waals surface area contributed by atoms with E-state index in [1.807, 2.05) is 11.8 Å². The van der Waals surface area contributed by atoms with Crippen molar-refractivity contribution in [1.29, 1.82) is 0 Å². The minimum absolute atomic E-state index is 0.685. The SMILES string of the molecule is CC1CNCCN1CCSc1ccccc1. The molecule has 0 amide bonds. The van der Waals surface area contributed by atoms with Crippen LogP contribution in [0.25, 0.3) is 0 Å². The fraction of sp³-hybridized carbons (Fsp3) is 0.538. The van der Waals surface area contributed by atoms with Crippen LogP contribution in [0.15, 0.2) is 35.2 Å². The Balaban J connectivity index is 1.71. The molecule has 0 radical (unpaired) electrons. The quantitative estimate of drug-likeness (QED) is 0.806. The summed E-state index contributed by atoms with van der Waals surface area (Å²) in [5.41, 5.74) is 0. The van der Waals surface area contributed by atoms with Crippen LogP contribution >= 0.6 is 11.8 Å². The van der Waals surface area contributed by atoms with Gasteiger partial charge in [-0.05, 0) is 19.1 Å². The van der Waals surface area contributed by atoms with Gasteiger partial charge in [0.1, 0.15) is 0 Å². The van der Waals surface area contributed by atoms with E-state index in [1.165, 1.54) is 23.7 Å². The maximum absolute atomic E-state index is 3.42. The predicted octanol–water partition coefficient (Wildman–Crippen LogP) is 2.07. The van der Waals surface area contributed by atoms with Gasteiger partial charge in [-0.15, -0.1) is 11.8 Å². The fourth-order valence-corrected chi connectivity index (χ4v) is 2.92. The summed E-state index contributed by atoms with van der Waals surface area (Å²) in [4.78, 5) is 3.96. The van der Waals surface area contributed by atoms with Crippen molar-refractivity contribution < 1.29 is 0 Å². The maximum atomic E-state index is 3.42. The lowest BCUT2D eigenvalue weighted by Crippen LogP contribution is -2.50. The topological polar surface area (TPSA) is 15.3 Å². The van der Waals surface area contributed by atoms with E-state index in [0.717, 1.165) is 13.1 Å². The molecule has 1 saturated heterocycles. The summed E-state index contributed by atoms with van der Waals surface area (Å²) in [5.74, 6) is 1.19. The third-order valence-electron chi connectivity index (χ3n) is 3.03. The van der Waals surface area contributed by atoms with E-state index >= 15 is 0 Å². The molecule has 1 aromatic carbocycles. The van der Waals surface area contributed by atoms with Gasteiger partial charge in [0, 0.05) is 42.9 Å². The predicted molar refractivity (Wildman–Crippen MR) is 71.1 cm³/mol. The molecule has 1 aliphatic rings. The van der Waals surface area contributed by atoms with Gasteiger partial charge >= 0.3 is 0 Å². The molecule has 1 aliphatic heterocycles. The minimum Gasteiger partial charge on any atom is -0.314 e. The summed E-state index contributed by atoms with van der Waals surface area (Å²) in [5, 5.41) is 3.42. The van der Waals surface area contributed by atoms with Gasteiger partial charge in [0.15, 0.2) is 0 Å². The molecule has 2 rings (SSSR count).